The van der Waals surface area contributed by atoms with Crippen LogP contribution in [0.2, 0.25) is 0 Å². The smallest absolute Gasteiger partial charge is 0.273 e. The fourth-order valence-electron chi connectivity index (χ4n) is 2.35. The Hall–Kier alpha value is -1.82. The number of H-pyrrole nitrogens is 1. The average molecular weight is 394 g/mol. The number of aromatic nitrogens is 2. The summed E-state index contributed by atoms with van der Waals surface area (Å²) < 4.78 is 6.43. The zero-order valence-corrected chi connectivity index (χ0v) is 16.3. The minimum atomic E-state index is -0.215. The third-order valence-corrected chi connectivity index (χ3v) is 4.41. The third kappa shape index (κ3) is 4.38. The molecule has 0 bridgehead atoms. The molecule has 0 aliphatic heterocycles. The minimum Gasteiger partial charge on any atom is -0.491 e. The van der Waals surface area contributed by atoms with Gasteiger partial charge in [-0.3, -0.25) is 9.89 Å². The molecule has 1 aromatic carbocycles. The summed E-state index contributed by atoms with van der Waals surface area (Å²) in [5, 5.41) is 10.0. The topological polar surface area (TPSA) is 67.0 Å². The number of hydrogen-bond acceptors (Lipinski definition) is 3. The van der Waals surface area contributed by atoms with Crippen molar-refractivity contribution in [3.8, 4) is 5.75 Å². The Morgan fingerprint density at radius 1 is 1.25 bits per heavy atom. The second-order valence-electron chi connectivity index (χ2n) is 6.39. The highest BCUT2D eigenvalue weighted by Crippen LogP contribution is 2.26. The molecule has 0 saturated carbocycles. The number of benzene rings is 1. The summed E-state index contributed by atoms with van der Waals surface area (Å²) in [6, 6.07) is 7.61. The van der Waals surface area contributed by atoms with E-state index in [1.54, 1.807) is 0 Å². The summed E-state index contributed by atoms with van der Waals surface area (Å²) >= 11 is 3.46. The number of rotatable bonds is 6. The maximum absolute atomic E-state index is 12.5. The first-order chi connectivity index (χ1) is 11.3. The molecule has 24 heavy (non-hydrogen) atoms. The summed E-state index contributed by atoms with van der Waals surface area (Å²) in [6.07, 6.45) is 0.111. The van der Waals surface area contributed by atoms with Gasteiger partial charge in [0.05, 0.1) is 22.3 Å². The Kier molecular flexibility index (Phi) is 6.04. The van der Waals surface area contributed by atoms with Crippen LogP contribution in [0, 0.1) is 0 Å². The molecule has 1 unspecified atom stereocenters. The van der Waals surface area contributed by atoms with E-state index < -0.39 is 0 Å². The monoisotopic (exact) mass is 393 g/mol. The zero-order valence-electron chi connectivity index (χ0n) is 14.7. The number of hydrogen-bond donors (Lipinski definition) is 2. The lowest BCUT2D eigenvalue weighted by Crippen LogP contribution is -2.27. The average Bonchev–Trinajstić information content (AvgIpc) is 2.88. The molecule has 2 N–H and O–H groups in total. The fraction of sp³-hybridized carbons (Fsp3) is 0.444. The lowest BCUT2D eigenvalue weighted by molar-refractivity contribution is 0.0934. The second kappa shape index (κ2) is 7.83. The van der Waals surface area contributed by atoms with Crippen molar-refractivity contribution >= 4 is 21.8 Å². The Morgan fingerprint density at radius 2 is 1.96 bits per heavy atom. The van der Waals surface area contributed by atoms with Crippen molar-refractivity contribution in [2.24, 2.45) is 0 Å². The molecule has 1 heterocycles. The van der Waals surface area contributed by atoms with E-state index in [2.05, 4.69) is 31.4 Å². The maximum Gasteiger partial charge on any atom is 0.273 e. The van der Waals surface area contributed by atoms with Gasteiger partial charge in [0.1, 0.15) is 5.75 Å². The van der Waals surface area contributed by atoms with Crippen LogP contribution < -0.4 is 10.1 Å². The Morgan fingerprint density at radius 3 is 2.54 bits per heavy atom. The van der Waals surface area contributed by atoms with Crippen LogP contribution in [0.3, 0.4) is 0 Å². The molecular formula is C18H24BrN3O2. The molecule has 0 saturated heterocycles. The molecular weight excluding hydrogens is 370 g/mol. The van der Waals surface area contributed by atoms with Gasteiger partial charge in [-0.15, -0.1) is 0 Å². The minimum absolute atomic E-state index is 0.111. The van der Waals surface area contributed by atoms with Crippen LogP contribution in [0.15, 0.2) is 28.7 Å². The van der Waals surface area contributed by atoms with Crippen LogP contribution in [0.25, 0.3) is 0 Å². The maximum atomic E-state index is 12.5. The first kappa shape index (κ1) is 18.5. The zero-order chi connectivity index (χ0) is 17.9. The number of nitrogens with zero attached hydrogens (tertiary/aromatic N) is 1. The number of carbonyl (C=O) groups excluding carboxylic acids is 1. The molecule has 0 aliphatic carbocycles. The summed E-state index contributed by atoms with van der Waals surface area (Å²) in [7, 11) is 0. The molecule has 5 nitrogen and oxygen atoms in total. The van der Waals surface area contributed by atoms with E-state index in [0.29, 0.717) is 5.69 Å². The number of aromatic amines is 1. The van der Waals surface area contributed by atoms with Crippen LogP contribution in [-0.2, 0) is 0 Å². The van der Waals surface area contributed by atoms with E-state index in [0.717, 1.165) is 21.5 Å². The highest BCUT2D eigenvalue weighted by molar-refractivity contribution is 9.10. The van der Waals surface area contributed by atoms with E-state index in [1.165, 1.54) is 0 Å². The van der Waals surface area contributed by atoms with Crippen LogP contribution in [0.5, 0.6) is 5.75 Å². The molecule has 130 valence electrons. The summed E-state index contributed by atoms with van der Waals surface area (Å²) in [4.78, 5) is 12.5. The van der Waals surface area contributed by atoms with E-state index in [-0.39, 0.29) is 24.0 Å². The summed E-state index contributed by atoms with van der Waals surface area (Å²) in [5.74, 6) is 0.843. The Bertz CT molecular complexity index is 710. The number of ether oxygens (including phenoxy) is 1. The molecule has 0 spiro atoms. The predicted molar refractivity (Wildman–Crippen MR) is 98.5 cm³/mol. The highest BCUT2D eigenvalue weighted by Gasteiger charge is 2.21. The lowest BCUT2D eigenvalue weighted by Gasteiger charge is -2.16. The van der Waals surface area contributed by atoms with Gasteiger partial charge in [0.15, 0.2) is 5.69 Å². The van der Waals surface area contributed by atoms with Gasteiger partial charge >= 0.3 is 0 Å². The molecule has 1 atom stereocenters. The standard InChI is InChI=1S/C18H24BrN3O2/c1-10(2)16-15(19)17(22-21-16)18(23)20-12(5)13-7-6-8-14(9-13)24-11(3)4/h6-12H,1-5H3,(H,20,23)(H,21,22). The van der Waals surface area contributed by atoms with Gasteiger partial charge in [-0.2, -0.15) is 5.10 Å². The van der Waals surface area contributed by atoms with E-state index in [4.69, 9.17) is 4.74 Å². The summed E-state index contributed by atoms with van der Waals surface area (Å²) in [5.41, 5.74) is 2.28. The first-order valence-corrected chi connectivity index (χ1v) is 8.90. The molecule has 6 heteroatoms. The SMILES string of the molecule is CC(C)Oc1cccc(C(C)NC(=O)c2n[nH]c(C(C)C)c2Br)c1. The molecule has 2 rings (SSSR count). The molecule has 0 fully saturated rings. The quantitative estimate of drug-likeness (QED) is 0.754. The summed E-state index contributed by atoms with van der Waals surface area (Å²) in [6.45, 7) is 10.0. The number of halogens is 1. The van der Waals surface area contributed by atoms with E-state index in [1.807, 2.05) is 58.9 Å². The number of amides is 1. The largest absolute Gasteiger partial charge is 0.491 e. The fourth-order valence-corrected chi connectivity index (χ4v) is 3.17. The van der Waals surface area contributed by atoms with Crippen molar-refractivity contribution in [1.29, 1.82) is 0 Å². The van der Waals surface area contributed by atoms with Crippen LogP contribution >= 0.6 is 15.9 Å². The van der Waals surface area contributed by atoms with Crippen LogP contribution in [0.1, 0.15) is 68.3 Å². The Labute approximate surface area is 151 Å². The van der Waals surface area contributed by atoms with Crippen molar-refractivity contribution in [3.05, 3.63) is 45.7 Å². The van der Waals surface area contributed by atoms with Crippen LogP contribution in [-0.4, -0.2) is 22.2 Å². The molecule has 1 aromatic heterocycles. The van der Waals surface area contributed by atoms with Gasteiger partial charge in [0.2, 0.25) is 0 Å². The van der Waals surface area contributed by atoms with Gasteiger partial charge in [0.25, 0.3) is 5.91 Å². The second-order valence-corrected chi connectivity index (χ2v) is 7.18. The highest BCUT2D eigenvalue weighted by atomic mass is 79.9. The van der Waals surface area contributed by atoms with Gasteiger partial charge in [0, 0.05) is 0 Å². The van der Waals surface area contributed by atoms with Crippen molar-refractivity contribution in [3.63, 3.8) is 0 Å². The number of nitrogens with one attached hydrogen (secondary N) is 2. The molecule has 1 amide bonds. The van der Waals surface area contributed by atoms with E-state index >= 15 is 0 Å². The van der Waals surface area contributed by atoms with Crippen molar-refractivity contribution < 1.29 is 9.53 Å². The molecule has 2 aromatic rings. The predicted octanol–water partition coefficient (Wildman–Crippen LogP) is 4.57. The first-order valence-electron chi connectivity index (χ1n) is 8.10. The molecule has 0 radical (unpaired) electrons. The Balaban J connectivity index is 2.12. The van der Waals surface area contributed by atoms with Crippen molar-refractivity contribution in [2.45, 2.75) is 52.7 Å². The van der Waals surface area contributed by atoms with Crippen LogP contribution in [0.4, 0.5) is 0 Å². The van der Waals surface area contributed by atoms with Gasteiger partial charge in [-0.1, -0.05) is 26.0 Å². The van der Waals surface area contributed by atoms with E-state index in [9.17, 15) is 4.79 Å². The van der Waals surface area contributed by atoms with Crippen molar-refractivity contribution in [1.82, 2.24) is 15.5 Å². The third-order valence-electron chi connectivity index (χ3n) is 3.60. The lowest BCUT2D eigenvalue weighted by atomic mass is 10.1. The van der Waals surface area contributed by atoms with Gasteiger partial charge in [-0.05, 0) is 60.3 Å². The van der Waals surface area contributed by atoms with Crippen molar-refractivity contribution in [2.75, 3.05) is 0 Å². The number of carbonyl (C=O) groups is 1. The van der Waals surface area contributed by atoms with Gasteiger partial charge < -0.3 is 10.1 Å². The van der Waals surface area contributed by atoms with Gasteiger partial charge in [-0.25, -0.2) is 0 Å². The molecule has 0 aliphatic rings. The normalized spacial score (nSPS) is 12.5.